The molecule has 0 spiro atoms. The van der Waals surface area contributed by atoms with Gasteiger partial charge in [0.15, 0.2) is 5.82 Å². The van der Waals surface area contributed by atoms with E-state index < -0.39 is 0 Å². The van der Waals surface area contributed by atoms with E-state index in [0.29, 0.717) is 17.9 Å². The summed E-state index contributed by atoms with van der Waals surface area (Å²) < 4.78 is 1.83. The van der Waals surface area contributed by atoms with Crippen molar-refractivity contribution in [1.82, 2.24) is 30.1 Å². The second-order valence-corrected chi connectivity index (χ2v) is 10.5. The van der Waals surface area contributed by atoms with Gasteiger partial charge in [-0.25, -0.2) is 4.68 Å². The quantitative estimate of drug-likeness (QED) is 0.358. The molecule has 1 saturated heterocycles. The number of aryl methyl sites for hydroxylation is 3. The maximum absolute atomic E-state index is 13.6. The lowest BCUT2D eigenvalue weighted by molar-refractivity contribution is 0.200. The summed E-state index contributed by atoms with van der Waals surface area (Å²) in [6.07, 6.45) is 0. The van der Waals surface area contributed by atoms with Crippen LogP contribution in [0, 0.1) is 20.8 Å². The van der Waals surface area contributed by atoms with Crippen LogP contribution >= 0.6 is 0 Å². The topological polar surface area (TPSA) is 82.9 Å². The number of nitrogens with one attached hydrogen (secondary N) is 1. The van der Waals surface area contributed by atoms with Crippen LogP contribution in [0.15, 0.2) is 77.6 Å². The standard InChI is InChI=1S/C31H33N7O/c1-21-12-13-22(2)27(18-21)36-14-16-37(17-15-36)29(26-19-25-11-7-8-23(3)28(25)32-31(26)39)30-33-34-35-38(30)20-24-9-5-4-6-10-24/h4-13,18-19,29H,14-17,20H2,1-3H3,(H,32,39)/t29-/m1/s1. The number of aromatic nitrogens is 5. The molecule has 5 aromatic rings. The molecule has 3 aromatic carbocycles. The lowest BCUT2D eigenvalue weighted by Gasteiger charge is -2.40. The first-order valence-corrected chi connectivity index (χ1v) is 13.5. The van der Waals surface area contributed by atoms with E-state index in [1.807, 2.05) is 54.1 Å². The molecule has 8 heteroatoms. The van der Waals surface area contributed by atoms with Crippen molar-refractivity contribution in [3.05, 3.63) is 117 Å². The van der Waals surface area contributed by atoms with Crippen molar-refractivity contribution in [1.29, 1.82) is 0 Å². The summed E-state index contributed by atoms with van der Waals surface area (Å²) in [7, 11) is 0. The Morgan fingerprint density at radius 3 is 2.46 bits per heavy atom. The largest absolute Gasteiger partial charge is 0.369 e. The van der Waals surface area contributed by atoms with Crippen molar-refractivity contribution in [2.45, 2.75) is 33.4 Å². The molecule has 0 unspecified atom stereocenters. The van der Waals surface area contributed by atoms with Crippen molar-refractivity contribution in [2.75, 3.05) is 31.1 Å². The first kappa shape index (κ1) is 25.0. The summed E-state index contributed by atoms with van der Waals surface area (Å²) in [5.41, 5.74) is 7.39. The van der Waals surface area contributed by atoms with E-state index in [-0.39, 0.29) is 11.6 Å². The van der Waals surface area contributed by atoms with Crippen LogP contribution in [-0.4, -0.2) is 56.3 Å². The minimum Gasteiger partial charge on any atom is -0.369 e. The predicted molar refractivity (Wildman–Crippen MR) is 154 cm³/mol. The third-order valence-corrected chi connectivity index (χ3v) is 7.78. The molecule has 0 radical (unpaired) electrons. The molecule has 0 aliphatic carbocycles. The van der Waals surface area contributed by atoms with Gasteiger partial charge in [-0.05, 0) is 71.0 Å². The van der Waals surface area contributed by atoms with Crippen molar-refractivity contribution < 1.29 is 0 Å². The van der Waals surface area contributed by atoms with E-state index in [9.17, 15) is 4.79 Å². The van der Waals surface area contributed by atoms with Crippen LogP contribution in [0.3, 0.4) is 0 Å². The number of H-pyrrole nitrogens is 1. The molecule has 1 aliphatic rings. The van der Waals surface area contributed by atoms with E-state index in [1.54, 1.807) is 0 Å². The third-order valence-electron chi connectivity index (χ3n) is 7.78. The van der Waals surface area contributed by atoms with Gasteiger partial charge in [0.1, 0.15) is 6.04 Å². The fourth-order valence-corrected chi connectivity index (χ4v) is 5.66. The van der Waals surface area contributed by atoms with Crippen LogP contribution in [0.5, 0.6) is 0 Å². The first-order valence-electron chi connectivity index (χ1n) is 13.5. The van der Waals surface area contributed by atoms with Crippen LogP contribution in [0.1, 0.15) is 39.7 Å². The number of nitrogens with zero attached hydrogens (tertiary/aromatic N) is 6. The van der Waals surface area contributed by atoms with Crippen molar-refractivity contribution in [2.24, 2.45) is 0 Å². The molecular formula is C31H33N7O. The fraction of sp³-hybridized carbons (Fsp3) is 0.290. The van der Waals surface area contributed by atoms with Gasteiger partial charge < -0.3 is 9.88 Å². The molecule has 39 heavy (non-hydrogen) atoms. The molecule has 0 amide bonds. The van der Waals surface area contributed by atoms with Gasteiger partial charge in [0.05, 0.1) is 12.1 Å². The highest BCUT2D eigenvalue weighted by atomic mass is 16.1. The van der Waals surface area contributed by atoms with Gasteiger partial charge in [-0.15, -0.1) is 5.10 Å². The second-order valence-electron chi connectivity index (χ2n) is 10.5. The summed E-state index contributed by atoms with van der Waals surface area (Å²) in [6, 6.07) is 24.5. The van der Waals surface area contributed by atoms with Crippen LogP contribution in [-0.2, 0) is 6.54 Å². The minimum atomic E-state index is -0.377. The zero-order valence-corrected chi connectivity index (χ0v) is 22.6. The fourth-order valence-electron chi connectivity index (χ4n) is 5.66. The number of fused-ring (bicyclic) bond motifs is 1. The zero-order valence-electron chi connectivity index (χ0n) is 22.6. The van der Waals surface area contributed by atoms with Gasteiger partial charge in [0.2, 0.25) is 0 Å². The Morgan fingerprint density at radius 1 is 0.872 bits per heavy atom. The van der Waals surface area contributed by atoms with E-state index in [2.05, 4.69) is 74.5 Å². The highest BCUT2D eigenvalue weighted by molar-refractivity contribution is 5.82. The highest BCUT2D eigenvalue weighted by Crippen LogP contribution is 2.30. The molecule has 1 atom stereocenters. The first-order chi connectivity index (χ1) is 19.0. The van der Waals surface area contributed by atoms with Gasteiger partial charge in [-0.3, -0.25) is 9.69 Å². The Labute approximate surface area is 227 Å². The number of anilines is 1. The van der Waals surface area contributed by atoms with Gasteiger partial charge in [0, 0.05) is 37.4 Å². The molecule has 8 nitrogen and oxygen atoms in total. The summed E-state index contributed by atoms with van der Waals surface area (Å²) in [5, 5.41) is 13.9. The van der Waals surface area contributed by atoms with E-state index >= 15 is 0 Å². The molecule has 0 saturated carbocycles. The molecule has 1 aliphatic heterocycles. The van der Waals surface area contributed by atoms with Crippen LogP contribution in [0.25, 0.3) is 10.9 Å². The lowest BCUT2D eigenvalue weighted by Crippen LogP contribution is -2.49. The SMILES string of the molecule is Cc1ccc(C)c(N2CCN([C@H](c3cc4cccc(C)c4[nH]c3=O)c3nnnn3Cc3ccccc3)CC2)c1. The van der Waals surface area contributed by atoms with Crippen molar-refractivity contribution in [3.8, 4) is 0 Å². The van der Waals surface area contributed by atoms with Gasteiger partial charge in [0.25, 0.3) is 5.56 Å². The maximum Gasteiger partial charge on any atom is 0.253 e. The number of pyridine rings is 1. The maximum atomic E-state index is 13.6. The molecule has 198 valence electrons. The predicted octanol–water partition coefficient (Wildman–Crippen LogP) is 4.40. The van der Waals surface area contributed by atoms with Gasteiger partial charge >= 0.3 is 0 Å². The molecule has 6 rings (SSSR count). The Balaban J connectivity index is 1.39. The number of hydrogen-bond donors (Lipinski definition) is 1. The zero-order chi connectivity index (χ0) is 26.9. The lowest BCUT2D eigenvalue weighted by atomic mass is 10.0. The van der Waals surface area contributed by atoms with Crippen molar-refractivity contribution in [3.63, 3.8) is 0 Å². The number of para-hydroxylation sites is 1. The smallest absolute Gasteiger partial charge is 0.253 e. The Hall–Kier alpha value is -4.30. The van der Waals surface area contributed by atoms with Crippen LogP contribution in [0.4, 0.5) is 5.69 Å². The molecule has 1 N–H and O–H groups in total. The average Bonchev–Trinajstić information content (AvgIpc) is 3.39. The molecule has 3 heterocycles. The second kappa shape index (κ2) is 10.5. The highest BCUT2D eigenvalue weighted by Gasteiger charge is 2.33. The monoisotopic (exact) mass is 519 g/mol. The summed E-state index contributed by atoms with van der Waals surface area (Å²) >= 11 is 0. The third kappa shape index (κ3) is 4.95. The molecule has 0 bridgehead atoms. The normalized spacial score (nSPS) is 15.1. The Kier molecular flexibility index (Phi) is 6.70. The summed E-state index contributed by atoms with van der Waals surface area (Å²) in [6.45, 7) is 10.1. The Bertz CT molecular complexity index is 1670. The number of hydrogen-bond acceptors (Lipinski definition) is 6. The molecule has 1 fully saturated rings. The van der Waals surface area contributed by atoms with Gasteiger partial charge in [-0.1, -0.05) is 60.7 Å². The van der Waals surface area contributed by atoms with E-state index in [1.165, 1.54) is 16.8 Å². The van der Waals surface area contributed by atoms with Gasteiger partial charge in [-0.2, -0.15) is 0 Å². The van der Waals surface area contributed by atoms with Crippen molar-refractivity contribution >= 4 is 16.6 Å². The summed E-state index contributed by atoms with van der Waals surface area (Å²) in [5.74, 6) is 0.677. The average molecular weight is 520 g/mol. The molecular weight excluding hydrogens is 486 g/mol. The number of aromatic amines is 1. The van der Waals surface area contributed by atoms with E-state index in [0.717, 1.165) is 48.2 Å². The minimum absolute atomic E-state index is 0.104. The number of piperazine rings is 1. The van der Waals surface area contributed by atoms with Crippen LogP contribution < -0.4 is 10.5 Å². The van der Waals surface area contributed by atoms with Crippen LogP contribution in [0.2, 0.25) is 0 Å². The number of tetrazole rings is 1. The number of benzene rings is 3. The van der Waals surface area contributed by atoms with E-state index in [4.69, 9.17) is 0 Å². The number of rotatable bonds is 6. The molecule has 2 aromatic heterocycles. The summed E-state index contributed by atoms with van der Waals surface area (Å²) in [4.78, 5) is 21.6. The Morgan fingerprint density at radius 2 is 1.67 bits per heavy atom.